The van der Waals surface area contributed by atoms with Crippen molar-refractivity contribution in [2.24, 2.45) is 5.73 Å². The lowest BCUT2D eigenvalue weighted by molar-refractivity contribution is 0.626. The van der Waals surface area contributed by atoms with Gasteiger partial charge in [-0.1, -0.05) is 29.9 Å². The van der Waals surface area contributed by atoms with Crippen LogP contribution in [-0.2, 0) is 6.54 Å². The molecule has 17 heavy (non-hydrogen) atoms. The predicted molar refractivity (Wildman–Crippen MR) is 70.8 cm³/mol. The van der Waals surface area contributed by atoms with Crippen molar-refractivity contribution in [2.45, 2.75) is 6.54 Å². The topological polar surface area (TPSA) is 30.9 Å². The molecule has 0 unspecified atom stereocenters. The molecule has 1 aromatic carbocycles. The lowest BCUT2D eigenvalue weighted by Gasteiger charge is -2.08. The molecule has 2 aromatic rings. The molecule has 0 fully saturated rings. The lowest BCUT2D eigenvalue weighted by atomic mass is 10.2. The summed E-state index contributed by atoms with van der Waals surface area (Å²) in [6.45, 7) is 0.555. The van der Waals surface area contributed by atoms with E-state index in [0.29, 0.717) is 11.5 Å². The summed E-state index contributed by atoms with van der Waals surface area (Å²) in [7, 11) is 0. The van der Waals surface area contributed by atoms with Gasteiger partial charge < -0.3 is 10.3 Å². The molecule has 88 valence electrons. The van der Waals surface area contributed by atoms with Gasteiger partial charge in [0.05, 0.1) is 10.7 Å². The molecule has 5 heteroatoms. The summed E-state index contributed by atoms with van der Waals surface area (Å²) in [5.74, 6) is -0.419. The molecule has 0 atom stereocenters. The van der Waals surface area contributed by atoms with Crippen LogP contribution in [0.5, 0.6) is 0 Å². The number of benzene rings is 1. The van der Waals surface area contributed by atoms with Crippen molar-refractivity contribution in [2.75, 3.05) is 0 Å². The minimum Gasteiger partial charge on any atom is -0.388 e. The van der Waals surface area contributed by atoms with Gasteiger partial charge in [0.25, 0.3) is 0 Å². The van der Waals surface area contributed by atoms with E-state index in [2.05, 4.69) is 0 Å². The Bertz CT molecular complexity index is 565. The van der Waals surface area contributed by atoms with Crippen molar-refractivity contribution < 1.29 is 4.39 Å². The van der Waals surface area contributed by atoms with E-state index in [1.54, 1.807) is 12.1 Å². The fourth-order valence-electron chi connectivity index (χ4n) is 1.61. The van der Waals surface area contributed by atoms with Crippen LogP contribution in [-0.4, -0.2) is 9.56 Å². The first-order chi connectivity index (χ1) is 8.08. The van der Waals surface area contributed by atoms with E-state index in [-0.39, 0.29) is 5.02 Å². The molecule has 2 rings (SSSR count). The Hall–Kier alpha value is -1.39. The van der Waals surface area contributed by atoms with Crippen molar-refractivity contribution in [3.63, 3.8) is 0 Å². The molecular formula is C12H10ClFN2S. The van der Waals surface area contributed by atoms with Gasteiger partial charge in [-0.25, -0.2) is 4.39 Å². The first-order valence-corrected chi connectivity index (χ1v) is 5.75. The van der Waals surface area contributed by atoms with Crippen molar-refractivity contribution in [1.29, 1.82) is 0 Å². The molecule has 2 nitrogen and oxygen atoms in total. The lowest BCUT2D eigenvalue weighted by Crippen LogP contribution is -2.15. The molecule has 1 heterocycles. The minimum atomic E-state index is -0.419. The van der Waals surface area contributed by atoms with E-state index in [9.17, 15) is 4.39 Å². The van der Waals surface area contributed by atoms with Gasteiger partial charge in [-0.3, -0.25) is 0 Å². The molecule has 0 bridgehead atoms. The Morgan fingerprint density at radius 3 is 2.82 bits per heavy atom. The predicted octanol–water partition coefficient (Wildman–Crippen LogP) is 2.96. The zero-order valence-corrected chi connectivity index (χ0v) is 10.4. The number of halogens is 2. The molecule has 0 saturated heterocycles. The number of thiocarbonyl (C=S) groups is 1. The van der Waals surface area contributed by atoms with Gasteiger partial charge in [-0.15, -0.1) is 0 Å². The maximum atomic E-state index is 13.0. The highest BCUT2D eigenvalue weighted by atomic mass is 35.5. The second-order valence-corrected chi connectivity index (χ2v) is 4.48. The van der Waals surface area contributed by atoms with Gasteiger partial charge >= 0.3 is 0 Å². The zero-order valence-electron chi connectivity index (χ0n) is 8.86. The maximum absolute atomic E-state index is 13.0. The molecule has 0 aliphatic carbocycles. The third-order valence-electron chi connectivity index (χ3n) is 2.42. The minimum absolute atomic E-state index is 0.117. The quantitative estimate of drug-likeness (QED) is 0.868. The summed E-state index contributed by atoms with van der Waals surface area (Å²) in [6, 6.07) is 8.33. The van der Waals surface area contributed by atoms with Gasteiger partial charge in [0.15, 0.2) is 0 Å². The summed E-state index contributed by atoms with van der Waals surface area (Å²) in [6.07, 6.45) is 1.87. The number of rotatable bonds is 3. The molecule has 0 saturated carbocycles. The number of nitrogens with two attached hydrogens (primary N) is 1. The monoisotopic (exact) mass is 268 g/mol. The second-order valence-electron chi connectivity index (χ2n) is 3.63. The number of hydrogen-bond acceptors (Lipinski definition) is 1. The normalized spacial score (nSPS) is 10.5. The van der Waals surface area contributed by atoms with Crippen LogP contribution in [0.1, 0.15) is 11.3 Å². The van der Waals surface area contributed by atoms with Gasteiger partial charge in [0.1, 0.15) is 10.8 Å². The summed E-state index contributed by atoms with van der Waals surface area (Å²) < 4.78 is 14.9. The van der Waals surface area contributed by atoms with Crippen LogP contribution in [0, 0.1) is 5.82 Å². The van der Waals surface area contributed by atoms with E-state index in [1.165, 1.54) is 6.07 Å². The molecule has 0 amide bonds. The van der Waals surface area contributed by atoms with Crippen LogP contribution >= 0.6 is 23.8 Å². The average Bonchev–Trinajstić information content (AvgIpc) is 2.72. The Morgan fingerprint density at radius 2 is 2.18 bits per heavy atom. The summed E-state index contributed by atoms with van der Waals surface area (Å²) >= 11 is 10.7. The second kappa shape index (κ2) is 4.85. The van der Waals surface area contributed by atoms with Gasteiger partial charge in [0.2, 0.25) is 0 Å². The maximum Gasteiger partial charge on any atom is 0.141 e. The van der Waals surface area contributed by atoms with Crippen LogP contribution < -0.4 is 5.73 Å². The van der Waals surface area contributed by atoms with Crippen molar-refractivity contribution in [3.05, 3.63) is 58.6 Å². The summed E-state index contributed by atoms with van der Waals surface area (Å²) in [4.78, 5) is 0.336. The smallest absolute Gasteiger partial charge is 0.141 e. The van der Waals surface area contributed by atoms with E-state index < -0.39 is 5.82 Å². The fourth-order valence-corrected chi connectivity index (χ4v) is 2.00. The van der Waals surface area contributed by atoms with Crippen molar-refractivity contribution in [3.8, 4) is 0 Å². The fraction of sp³-hybridized carbons (Fsp3) is 0.0833. The molecule has 0 radical (unpaired) electrons. The zero-order chi connectivity index (χ0) is 12.4. The van der Waals surface area contributed by atoms with E-state index in [0.717, 1.165) is 11.3 Å². The van der Waals surface area contributed by atoms with Gasteiger partial charge in [-0.2, -0.15) is 0 Å². The summed E-state index contributed by atoms with van der Waals surface area (Å²) in [5, 5.41) is 0.117. The summed E-state index contributed by atoms with van der Waals surface area (Å²) in [5.41, 5.74) is 7.26. The van der Waals surface area contributed by atoms with Crippen molar-refractivity contribution >= 4 is 28.8 Å². The van der Waals surface area contributed by atoms with Crippen LogP contribution in [0.2, 0.25) is 5.02 Å². The van der Waals surface area contributed by atoms with Crippen LogP contribution in [0.3, 0.4) is 0 Å². The number of hydrogen-bond donors (Lipinski definition) is 1. The Morgan fingerprint density at radius 1 is 1.41 bits per heavy atom. The first-order valence-electron chi connectivity index (χ1n) is 4.97. The molecule has 1 aromatic heterocycles. The molecule has 0 spiro atoms. The van der Waals surface area contributed by atoms with Gasteiger partial charge in [-0.05, 0) is 29.8 Å². The Kier molecular flexibility index (Phi) is 3.45. The SMILES string of the molecule is NC(=S)c1cccn1Cc1ccc(F)c(Cl)c1. The first kappa shape index (κ1) is 12.1. The van der Waals surface area contributed by atoms with Crippen LogP contribution in [0.4, 0.5) is 4.39 Å². The van der Waals surface area contributed by atoms with E-state index >= 15 is 0 Å². The third-order valence-corrected chi connectivity index (χ3v) is 2.92. The Balaban J connectivity index is 2.28. The van der Waals surface area contributed by atoms with Crippen molar-refractivity contribution in [1.82, 2.24) is 4.57 Å². The highest BCUT2D eigenvalue weighted by Crippen LogP contribution is 2.17. The van der Waals surface area contributed by atoms with Gasteiger partial charge in [0, 0.05) is 12.7 Å². The van der Waals surface area contributed by atoms with Crippen LogP contribution in [0.25, 0.3) is 0 Å². The molecule has 2 N–H and O–H groups in total. The number of nitrogens with zero attached hydrogens (tertiary/aromatic N) is 1. The Labute approximate surface area is 109 Å². The standard InChI is InChI=1S/C12H10ClFN2S/c13-9-6-8(3-4-10(9)14)7-16-5-1-2-11(16)12(15)17/h1-6H,7H2,(H2,15,17). The van der Waals surface area contributed by atoms with E-state index in [1.807, 2.05) is 22.9 Å². The average molecular weight is 269 g/mol. The van der Waals surface area contributed by atoms with E-state index in [4.69, 9.17) is 29.6 Å². The largest absolute Gasteiger partial charge is 0.388 e. The van der Waals surface area contributed by atoms with Crippen LogP contribution in [0.15, 0.2) is 36.5 Å². The molecular weight excluding hydrogens is 259 g/mol. The highest BCUT2D eigenvalue weighted by molar-refractivity contribution is 7.80. The third kappa shape index (κ3) is 2.65. The highest BCUT2D eigenvalue weighted by Gasteiger charge is 2.06. The molecule has 0 aliphatic heterocycles. The molecule has 0 aliphatic rings. The number of aromatic nitrogens is 1.